The lowest BCUT2D eigenvalue weighted by molar-refractivity contribution is -0.114. The smallest absolute Gasteiger partial charge is 0.222 e. The summed E-state index contributed by atoms with van der Waals surface area (Å²) < 4.78 is 67.6. The van der Waals surface area contributed by atoms with Gasteiger partial charge in [0.15, 0.2) is 29.1 Å². The third-order valence-corrected chi connectivity index (χ3v) is 2.84. The monoisotopic (exact) mass is 333 g/mol. The number of carbonyl (C=O) groups is 2. The summed E-state index contributed by atoms with van der Waals surface area (Å²) in [5, 5.41) is 5.52. The Hall–Kier alpha value is -2.78. The summed E-state index contributed by atoms with van der Waals surface area (Å²) in [6.07, 6.45) is 0.839. The van der Waals surface area contributed by atoms with Crippen LogP contribution in [0.3, 0.4) is 0 Å². The summed E-state index contributed by atoms with van der Waals surface area (Å²) in [5.41, 5.74) is -1.67. The Balaban J connectivity index is 2.83. The molecular weight excluding hydrogens is 325 g/mol. The zero-order chi connectivity index (χ0) is 17.5. The number of ketones is 1. The number of carbonyl (C=O) groups excluding carboxylic acids is 2. The van der Waals surface area contributed by atoms with Crippen molar-refractivity contribution in [3.63, 3.8) is 0 Å². The Labute approximate surface area is 125 Å². The molecule has 0 atom stereocenters. The fourth-order valence-electron chi connectivity index (χ4n) is 1.84. The largest absolute Gasteiger partial charge is 0.310 e. The molecule has 2 aromatic rings. The van der Waals surface area contributed by atoms with Crippen molar-refractivity contribution in [2.24, 2.45) is 0 Å². The van der Waals surface area contributed by atoms with E-state index in [0.29, 0.717) is 0 Å². The first-order valence-electron chi connectivity index (χ1n) is 6.05. The molecule has 1 amide bonds. The highest BCUT2D eigenvalue weighted by molar-refractivity contribution is 6.02. The predicted octanol–water partition coefficient (Wildman–Crippen LogP) is 2.73. The van der Waals surface area contributed by atoms with Gasteiger partial charge in [-0.3, -0.25) is 9.59 Å². The third kappa shape index (κ3) is 2.67. The van der Waals surface area contributed by atoms with E-state index < -0.39 is 52.3 Å². The molecule has 0 spiro atoms. The number of nitrogens with one attached hydrogen (secondary N) is 1. The van der Waals surface area contributed by atoms with Crippen LogP contribution >= 0.6 is 0 Å². The van der Waals surface area contributed by atoms with Crippen LogP contribution in [0.4, 0.5) is 27.8 Å². The van der Waals surface area contributed by atoms with Crippen LogP contribution < -0.4 is 5.32 Å². The Bertz CT molecular complexity index is 802. The Kier molecular flexibility index (Phi) is 4.17. The number of nitrogens with zero attached hydrogens (tertiary/aromatic N) is 2. The number of rotatable bonds is 3. The van der Waals surface area contributed by atoms with E-state index in [4.69, 9.17) is 0 Å². The van der Waals surface area contributed by atoms with Crippen LogP contribution in [-0.2, 0) is 4.79 Å². The van der Waals surface area contributed by atoms with Crippen LogP contribution in [0.1, 0.15) is 24.2 Å². The zero-order valence-electron chi connectivity index (χ0n) is 11.7. The number of Topliss-reactive ketones (excluding diaryl/α,β-unsaturated/α-hetero) is 1. The van der Waals surface area contributed by atoms with Crippen molar-refractivity contribution in [3.8, 4) is 5.69 Å². The van der Waals surface area contributed by atoms with Gasteiger partial charge in [0.2, 0.25) is 11.7 Å². The SMILES string of the molecule is CC(=O)Nc1c(C(C)=O)cnn1-c1c(F)c(F)c(F)c(F)c1F. The van der Waals surface area contributed by atoms with Crippen molar-refractivity contribution in [2.45, 2.75) is 13.8 Å². The van der Waals surface area contributed by atoms with Gasteiger partial charge >= 0.3 is 0 Å². The molecule has 0 radical (unpaired) electrons. The molecule has 5 nitrogen and oxygen atoms in total. The summed E-state index contributed by atoms with van der Waals surface area (Å²) in [4.78, 5) is 22.6. The Morgan fingerprint density at radius 3 is 1.87 bits per heavy atom. The van der Waals surface area contributed by atoms with Crippen molar-refractivity contribution in [3.05, 3.63) is 40.8 Å². The van der Waals surface area contributed by atoms with Crippen LogP contribution in [0, 0.1) is 29.1 Å². The molecule has 122 valence electrons. The summed E-state index contributed by atoms with van der Waals surface area (Å²) in [6, 6.07) is 0. The van der Waals surface area contributed by atoms with Crippen molar-refractivity contribution < 1.29 is 31.5 Å². The third-order valence-electron chi connectivity index (χ3n) is 2.84. The number of benzene rings is 1. The molecule has 0 unspecified atom stereocenters. The van der Waals surface area contributed by atoms with Gasteiger partial charge in [0.1, 0.15) is 11.5 Å². The molecule has 0 saturated heterocycles. The number of hydrogen-bond donors (Lipinski definition) is 1. The molecule has 0 fully saturated rings. The standard InChI is InChI=1S/C13H8F5N3O2/c1-4(22)6-3-19-21(13(6)20-5(2)23)12-10(17)8(15)7(14)9(16)11(12)18/h3H,1-2H3,(H,20,23). The molecule has 1 aromatic heterocycles. The van der Waals surface area contributed by atoms with Crippen molar-refractivity contribution >= 4 is 17.5 Å². The molecule has 0 aliphatic carbocycles. The van der Waals surface area contributed by atoms with Gasteiger partial charge in [-0.05, 0) is 6.92 Å². The van der Waals surface area contributed by atoms with Crippen LogP contribution in [0.2, 0.25) is 0 Å². The van der Waals surface area contributed by atoms with E-state index in [-0.39, 0.29) is 10.2 Å². The fourth-order valence-corrected chi connectivity index (χ4v) is 1.84. The molecule has 1 aromatic carbocycles. The zero-order valence-corrected chi connectivity index (χ0v) is 11.7. The molecule has 0 saturated carbocycles. The normalized spacial score (nSPS) is 10.7. The minimum atomic E-state index is -2.33. The molecule has 0 bridgehead atoms. The van der Waals surface area contributed by atoms with Gasteiger partial charge in [-0.15, -0.1) is 0 Å². The average Bonchev–Trinajstić information content (AvgIpc) is 2.86. The highest BCUT2D eigenvalue weighted by Crippen LogP contribution is 2.29. The van der Waals surface area contributed by atoms with Gasteiger partial charge in [-0.25, -0.2) is 26.6 Å². The maximum absolute atomic E-state index is 13.8. The summed E-state index contributed by atoms with van der Waals surface area (Å²) in [7, 11) is 0. The molecule has 1 N–H and O–H groups in total. The van der Waals surface area contributed by atoms with E-state index in [1.54, 1.807) is 0 Å². The molecule has 1 heterocycles. The number of aromatic nitrogens is 2. The van der Waals surface area contributed by atoms with Gasteiger partial charge in [0.25, 0.3) is 0 Å². The first-order valence-corrected chi connectivity index (χ1v) is 6.05. The minimum absolute atomic E-state index is 0.260. The number of hydrogen-bond acceptors (Lipinski definition) is 3. The molecular formula is C13H8F5N3O2. The molecule has 0 aliphatic rings. The van der Waals surface area contributed by atoms with Crippen LogP contribution in [-0.4, -0.2) is 21.5 Å². The maximum atomic E-state index is 13.8. The molecule has 23 heavy (non-hydrogen) atoms. The highest BCUT2D eigenvalue weighted by atomic mass is 19.2. The number of amides is 1. The topological polar surface area (TPSA) is 64.0 Å². The maximum Gasteiger partial charge on any atom is 0.222 e. The van der Waals surface area contributed by atoms with Gasteiger partial charge in [0.05, 0.1) is 11.8 Å². The quantitative estimate of drug-likeness (QED) is 0.407. The molecule has 10 heteroatoms. The van der Waals surface area contributed by atoms with E-state index in [9.17, 15) is 31.5 Å². The first-order chi connectivity index (χ1) is 10.7. The van der Waals surface area contributed by atoms with Gasteiger partial charge < -0.3 is 5.32 Å². The summed E-state index contributed by atoms with van der Waals surface area (Å²) in [6.45, 7) is 2.10. The second-order valence-corrected chi connectivity index (χ2v) is 4.47. The number of anilines is 1. The second-order valence-electron chi connectivity index (χ2n) is 4.47. The lowest BCUT2D eigenvalue weighted by Gasteiger charge is -2.12. The highest BCUT2D eigenvalue weighted by Gasteiger charge is 2.30. The van der Waals surface area contributed by atoms with Crippen molar-refractivity contribution in [1.29, 1.82) is 0 Å². The lowest BCUT2D eigenvalue weighted by atomic mass is 10.2. The van der Waals surface area contributed by atoms with Gasteiger partial charge in [-0.1, -0.05) is 0 Å². The predicted molar refractivity (Wildman–Crippen MR) is 67.7 cm³/mol. The van der Waals surface area contributed by atoms with Crippen LogP contribution in [0.25, 0.3) is 5.69 Å². The molecule has 2 rings (SSSR count). The van der Waals surface area contributed by atoms with Crippen molar-refractivity contribution in [2.75, 3.05) is 5.32 Å². The second kappa shape index (κ2) is 5.78. The van der Waals surface area contributed by atoms with E-state index in [1.807, 2.05) is 0 Å². The lowest BCUT2D eigenvalue weighted by Crippen LogP contribution is -2.17. The van der Waals surface area contributed by atoms with Crippen molar-refractivity contribution in [1.82, 2.24) is 9.78 Å². The first kappa shape index (κ1) is 16.6. The number of halogens is 5. The summed E-state index contributed by atoms with van der Waals surface area (Å²) >= 11 is 0. The van der Waals surface area contributed by atoms with E-state index in [0.717, 1.165) is 20.0 Å². The molecule has 0 aliphatic heterocycles. The van der Waals surface area contributed by atoms with Gasteiger partial charge in [0, 0.05) is 6.92 Å². The fraction of sp³-hybridized carbons (Fsp3) is 0.154. The van der Waals surface area contributed by atoms with Gasteiger partial charge in [-0.2, -0.15) is 5.10 Å². The average molecular weight is 333 g/mol. The Morgan fingerprint density at radius 2 is 1.43 bits per heavy atom. The van der Waals surface area contributed by atoms with Crippen LogP contribution in [0.5, 0.6) is 0 Å². The Morgan fingerprint density at radius 1 is 0.957 bits per heavy atom. The van der Waals surface area contributed by atoms with E-state index >= 15 is 0 Å². The van der Waals surface area contributed by atoms with Crippen LogP contribution in [0.15, 0.2) is 6.20 Å². The van der Waals surface area contributed by atoms with E-state index in [1.165, 1.54) is 0 Å². The summed E-state index contributed by atoms with van der Waals surface area (Å²) in [5.74, 6) is -12.9. The minimum Gasteiger partial charge on any atom is -0.310 e. The van der Waals surface area contributed by atoms with E-state index in [2.05, 4.69) is 10.4 Å².